The van der Waals surface area contributed by atoms with Crippen LogP contribution in [0.25, 0.3) is 0 Å². The molecule has 0 radical (unpaired) electrons. The number of amides is 2. The topological polar surface area (TPSA) is 61.8 Å². The zero-order valence-corrected chi connectivity index (χ0v) is 14.2. The van der Waals surface area contributed by atoms with Crippen LogP contribution < -0.4 is 10.1 Å². The smallest absolute Gasteiger partial charge is 0.317 e. The largest absolute Gasteiger partial charge is 0.496 e. The fourth-order valence-electron chi connectivity index (χ4n) is 3.22. The van der Waals surface area contributed by atoms with Crippen molar-refractivity contribution in [2.75, 3.05) is 26.8 Å². The second kappa shape index (κ2) is 8.20. The standard InChI is InChI=1S/C18H28N2O3/c1-18(9-5-6-10-18)14-19-17(22)20(11-12-21)13-15-7-3-4-8-16(15)23-2/h3-4,7-8,21H,5-6,9-14H2,1-2H3,(H,19,22). The summed E-state index contributed by atoms with van der Waals surface area (Å²) in [4.78, 5) is 14.1. The van der Waals surface area contributed by atoms with Gasteiger partial charge in [0.25, 0.3) is 0 Å². The van der Waals surface area contributed by atoms with Crippen LogP contribution >= 0.6 is 0 Å². The molecule has 0 saturated heterocycles. The molecule has 1 saturated carbocycles. The van der Waals surface area contributed by atoms with E-state index in [4.69, 9.17) is 4.74 Å². The van der Waals surface area contributed by atoms with Gasteiger partial charge < -0.3 is 20.1 Å². The van der Waals surface area contributed by atoms with Crippen molar-refractivity contribution in [2.45, 2.75) is 39.2 Å². The van der Waals surface area contributed by atoms with Crippen molar-refractivity contribution in [2.24, 2.45) is 5.41 Å². The van der Waals surface area contributed by atoms with Gasteiger partial charge in [0.2, 0.25) is 0 Å². The van der Waals surface area contributed by atoms with Gasteiger partial charge in [-0.3, -0.25) is 0 Å². The number of carbonyl (C=O) groups excluding carboxylic acids is 1. The Morgan fingerprint density at radius 3 is 2.70 bits per heavy atom. The molecular formula is C18H28N2O3. The number of urea groups is 1. The Morgan fingerprint density at radius 2 is 2.04 bits per heavy atom. The Bertz CT molecular complexity index is 513. The fourth-order valence-corrected chi connectivity index (χ4v) is 3.22. The highest BCUT2D eigenvalue weighted by Gasteiger charge is 2.29. The maximum absolute atomic E-state index is 12.5. The predicted octanol–water partition coefficient (Wildman–Crippen LogP) is 2.78. The third-order valence-electron chi connectivity index (χ3n) is 4.69. The number of rotatable bonds is 7. The van der Waals surface area contributed by atoms with Gasteiger partial charge in [0.15, 0.2) is 0 Å². The molecule has 0 unspecified atom stereocenters. The lowest BCUT2D eigenvalue weighted by Gasteiger charge is -2.28. The van der Waals surface area contributed by atoms with E-state index in [9.17, 15) is 9.90 Å². The number of nitrogens with zero attached hydrogens (tertiary/aromatic N) is 1. The minimum atomic E-state index is -0.127. The molecule has 1 aliphatic rings. The average molecular weight is 320 g/mol. The van der Waals surface area contributed by atoms with E-state index >= 15 is 0 Å². The highest BCUT2D eigenvalue weighted by molar-refractivity contribution is 5.74. The maximum Gasteiger partial charge on any atom is 0.317 e. The van der Waals surface area contributed by atoms with E-state index in [1.54, 1.807) is 12.0 Å². The minimum Gasteiger partial charge on any atom is -0.496 e. The summed E-state index contributed by atoms with van der Waals surface area (Å²) in [5.74, 6) is 0.756. The van der Waals surface area contributed by atoms with E-state index in [-0.39, 0.29) is 18.1 Å². The summed E-state index contributed by atoms with van der Waals surface area (Å²) in [5.41, 5.74) is 1.15. The summed E-state index contributed by atoms with van der Waals surface area (Å²) < 4.78 is 5.34. The van der Waals surface area contributed by atoms with E-state index in [2.05, 4.69) is 12.2 Å². The van der Waals surface area contributed by atoms with Crippen LogP contribution in [-0.4, -0.2) is 42.8 Å². The van der Waals surface area contributed by atoms with Crippen molar-refractivity contribution < 1.29 is 14.6 Å². The van der Waals surface area contributed by atoms with Crippen LogP contribution in [0.4, 0.5) is 4.79 Å². The number of benzene rings is 1. The SMILES string of the molecule is COc1ccccc1CN(CCO)C(=O)NCC1(C)CCCC1. The number of hydrogen-bond acceptors (Lipinski definition) is 3. The maximum atomic E-state index is 12.5. The van der Waals surface area contributed by atoms with Gasteiger partial charge in [-0.1, -0.05) is 38.0 Å². The Balaban J connectivity index is 1.97. The first-order valence-corrected chi connectivity index (χ1v) is 8.33. The van der Waals surface area contributed by atoms with Crippen molar-refractivity contribution in [1.29, 1.82) is 0 Å². The Morgan fingerprint density at radius 1 is 1.35 bits per heavy atom. The number of methoxy groups -OCH3 is 1. The van der Waals surface area contributed by atoms with Crippen LogP contribution in [0.3, 0.4) is 0 Å². The number of aliphatic hydroxyl groups is 1. The van der Waals surface area contributed by atoms with Gasteiger partial charge in [0.05, 0.1) is 20.3 Å². The number of ether oxygens (including phenoxy) is 1. The molecule has 128 valence electrons. The van der Waals surface area contributed by atoms with E-state index in [0.717, 1.165) is 11.3 Å². The summed E-state index contributed by atoms with van der Waals surface area (Å²) in [6, 6.07) is 7.52. The van der Waals surface area contributed by atoms with Crippen molar-refractivity contribution in [1.82, 2.24) is 10.2 Å². The lowest BCUT2D eigenvalue weighted by molar-refractivity contribution is 0.168. The molecular weight excluding hydrogens is 292 g/mol. The van der Waals surface area contributed by atoms with E-state index in [0.29, 0.717) is 19.6 Å². The highest BCUT2D eigenvalue weighted by Crippen LogP contribution is 2.36. The van der Waals surface area contributed by atoms with Gasteiger partial charge in [-0.25, -0.2) is 4.79 Å². The van der Waals surface area contributed by atoms with Gasteiger partial charge in [-0.2, -0.15) is 0 Å². The normalized spacial score (nSPS) is 16.1. The van der Waals surface area contributed by atoms with Crippen LogP contribution in [0, 0.1) is 5.41 Å². The molecule has 2 rings (SSSR count). The lowest BCUT2D eigenvalue weighted by Crippen LogP contribution is -2.44. The van der Waals surface area contributed by atoms with Gasteiger partial charge in [-0.05, 0) is 24.3 Å². The molecule has 0 aliphatic heterocycles. The zero-order valence-electron chi connectivity index (χ0n) is 14.2. The van der Waals surface area contributed by atoms with E-state index < -0.39 is 0 Å². The predicted molar refractivity (Wildman–Crippen MR) is 90.5 cm³/mol. The second-order valence-electron chi connectivity index (χ2n) is 6.63. The van der Waals surface area contributed by atoms with Gasteiger partial charge in [0.1, 0.15) is 5.75 Å². The molecule has 1 aliphatic carbocycles. The molecule has 1 aromatic carbocycles. The molecule has 5 heteroatoms. The third kappa shape index (κ3) is 4.86. The first-order valence-electron chi connectivity index (χ1n) is 8.33. The summed E-state index contributed by atoms with van der Waals surface area (Å²) in [7, 11) is 1.62. The van der Waals surface area contributed by atoms with E-state index in [1.165, 1.54) is 25.7 Å². The molecule has 2 amide bonds. The molecule has 0 heterocycles. The fraction of sp³-hybridized carbons (Fsp3) is 0.611. The highest BCUT2D eigenvalue weighted by atomic mass is 16.5. The monoisotopic (exact) mass is 320 g/mol. The third-order valence-corrected chi connectivity index (χ3v) is 4.69. The van der Waals surface area contributed by atoms with Crippen LogP contribution in [0.5, 0.6) is 5.75 Å². The summed E-state index contributed by atoms with van der Waals surface area (Å²) in [6.45, 7) is 3.60. The first-order chi connectivity index (χ1) is 11.1. The Kier molecular flexibility index (Phi) is 6.28. The second-order valence-corrected chi connectivity index (χ2v) is 6.63. The number of para-hydroxylation sites is 1. The number of hydrogen-bond donors (Lipinski definition) is 2. The molecule has 1 aromatic rings. The number of aliphatic hydroxyl groups excluding tert-OH is 1. The van der Waals surface area contributed by atoms with Crippen LogP contribution in [0.2, 0.25) is 0 Å². The number of nitrogens with one attached hydrogen (secondary N) is 1. The molecule has 0 aromatic heterocycles. The molecule has 2 N–H and O–H groups in total. The van der Waals surface area contributed by atoms with Crippen LogP contribution in [-0.2, 0) is 6.54 Å². The quantitative estimate of drug-likeness (QED) is 0.812. The summed E-state index contributed by atoms with van der Waals surface area (Å²) >= 11 is 0. The minimum absolute atomic E-state index is 0.0557. The molecule has 5 nitrogen and oxygen atoms in total. The van der Waals surface area contributed by atoms with Crippen molar-refractivity contribution in [3.8, 4) is 5.75 Å². The summed E-state index contributed by atoms with van der Waals surface area (Å²) in [6.07, 6.45) is 4.82. The molecule has 0 spiro atoms. The Hall–Kier alpha value is -1.75. The zero-order chi connectivity index (χ0) is 16.7. The molecule has 1 fully saturated rings. The van der Waals surface area contributed by atoms with Gasteiger partial charge in [-0.15, -0.1) is 0 Å². The van der Waals surface area contributed by atoms with Crippen molar-refractivity contribution in [3.63, 3.8) is 0 Å². The average Bonchev–Trinajstić information content (AvgIpc) is 3.00. The summed E-state index contributed by atoms with van der Waals surface area (Å²) in [5, 5.41) is 12.3. The number of carbonyl (C=O) groups is 1. The Labute approximate surface area is 138 Å². The lowest BCUT2D eigenvalue weighted by atomic mass is 9.89. The molecule has 0 bridgehead atoms. The first kappa shape index (κ1) is 17.6. The molecule has 23 heavy (non-hydrogen) atoms. The van der Waals surface area contributed by atoms with Crippen LogP contribution in [0.1, 0.15) is 38.2 Å². The van der Waals surface area contributed by atoms with Gasteiger partial charge >= 0.3 is 6.03 Å². The van der Waals surface area contributed by atoms with Gasteiger partial charge in [0, 0.05) is 18.7 Å². The van der Waals surface area contributed by atoms with Crippen molar-refractivity contribution in [3.05, 3.63) is 29.8 Å². The van der Waals surface area contributed by atoms with Crippen LogP contribution in [0.15, 0.2) is 24.3 Å². The van der Waals surface area contributed by atoms with Crippen molar-refractivity contribution >= 4 is 6.03 Å². The van der Waals surface area contributed by atoms with E-state index in [1.807, 2.05) is 24.3 Å². The molecule has 0 atom stereocenters.